The van der Waals surface area contributed by atoms with Gasteiger partial charge in [0, 0.05) is 57.1 Å². The third-order valence-electron chi connectivity index (χ3n) is 5.51. The molecule has 0 unspecified atom stereocenters. The second-order valence-electron chi connectivity index (χ2n) is 7.69. The fourth-order valence-electron chi connectivity index (χ4n) is 3.72. The Bertz CT molecular complexity index is 854. The molecule has 0 radical (unpaired) electrons. The molecular weight excluding hydrogens is 366 g/mol. The molecule has 2 fully saturated rings. The van der Waals surface area contributed by atoms with Crippen LogP contribution in [0.4, 0.5) is 11.5 Å². The van der Waals surface area contributed by atoms with E-state index in [4.69, 9.17) is 0 Å². The van der Waals surface area contributed by atoms with Crippen LogP contribution in [-0.2, 0) is 11.3 Å². The van der Waals surface area contributed by atoms with Gasteiger partial charge in [-0.05, 0) is 55.4 Å². The van der Waals surface area contributed by atoms with E-state index < -0.39 is 0 Å². The Morgan fingerprint density at radius 3 is 2.24 bits per heavy atom. The van der Waals surface area contributed by atoms with Gasteiger partial charge in [-0.3, -0.25) is 14.5 Å². The van der Waals surface area contributed by atoms with Crippen molar-refractivity contribution in [3.8, 4) is 0 Å². The van der Waals surface area contributed by atoms with E-state index in [1.165, 1.54) is 32.0 Å². The van der Waals surface area contributed by atoms with E-state index in [1.54, 1.807) is 24.3 Å². The third kappa shape index (κ3) is 4.74. The molecule has 1 N–H and O–H groups in total. The van der Waals surface area contributed by atoms with Gasteiger partial charge in [0.05, 0.1) is 0 Å². The number of benzene rings is 1. The maximum atomic E-state index is 12.8. The van der Waals surface area contributed by atoms with Crippen molar-refractivity contribution in [2.24, 2.45) is 0 Å². The third-order valence-corrected chi connectivity index (χ3v) is 5.51. The fraction of sp³-hybridized carbons (Fsp3) is 0.409. The summed E-state index contributed by atoms with van der Waals surface area (Å²) in [4.78, 5) is 35.0. The molecule has 1 aromatic heterocycles. The number of anilines is 2. The molecule has 7 nitrogen and oxygen atoms in total. The summed E-state index contributed by atoms with van der Waals surface area (Å²) in [5.41, 5.74) is 2.59. The van der Waals surface area contributed by atoms with Crippen molar-refractivity contribution in [2.45, 2.75) is 19.9 Å². The van der Waals surface area contributed by atoms with E-state index in [0.717, 1.165) is 25.5 Å². The number of carbonyl (C=O) groups is 2. The highest BCUT2D eigenvalue weighted by molar-refractivity contribution is 5.95. The summed E-state index contributed by atoms with van der Waals surface area (Å²) in [7, 11) is 0. The molecule has 0 aliphatic carbocycles. The molecule has 0 saturated carbocycles. The smallest absolute Gasteiger partial charge is 0.253 e. The molecule has 4 rings (SSSR count). The first kappa shape index (κ1) is 19.4. The second kappa shape index (κ2) is 8.61. The van der Waals surface area contributed by atoms with Crippen LogP contribution < -0.4 is 10.2 Å². The van der Waals surface area contributed by atoms with Crippen LogP contribution in [0.5, 0.6) is 0 Å². The first-order valence-electron chi connectivity index (χ1n) is 10.2. The van der Waals surface area contributed by atoms with Crippen LogP contribution in [0.15, 0.2) is 42.6 Å². The zero-order valence-electron chi connectivity index (χ0n) is 16.8. The Kier molecular flexibility index (Phi) is 5.76. The average Bonchev–Trinajstić information content (AvgIpc) is 2.71. The van der Waals surface area contributed by atoms with Crippen LogP contribution in [0.2, 0.25) is 0 Å². The average molecular weight is 393 g/mol. The van der Waals surface area contributed by atoms with Crippen molar-refractivity contribution in [3.63, 3.8) is 0 Å². The normalized spacial score (nSPS) is 17.0. The Balaban J connectivity index is 1.30. The lowest BCUT2D eigenvalue weighted by Crippen LogP contribution is -2.49. The number of amides is 2. The molecule has 2 aromatic rings. The number of carbonyl (C=O) groups excluding carboxylic acids is 2. The monoisotopic (exact) mass is 393 g/mol. The molecule has 0 atom stereocenters. The zero-order valence-corrected chi connectivity index (χ0v) is 16.8. The van der Waals surface area contributed by atoms with Crippen molar-refractivity contribution in [3.05, 3.63) is 53.7 Å². The van der Waals surface area contributed by atoms with E-state index >= 15 is 0 Å². The first-order valence-corrected chi connectivity index (χ1v) is 10.2. The van der Waals surface area contributed by atoms with Crippen molar-refractivity contribution >= 4 is 23.3 Å². The maximum absolute atomic E-state index is 12.8. The molecule has 152 valence electrons. The van der Waals surface area contributed by atoms with Gasteiger partial charge in [-0.1, -0.05) is 6.07 Å². The van der Waals surface area contributed by atoms with Gasteiger partial charge in [-0.2, -0.15) is 0 Å². The number of likely N-dealkylation sites (tertiary alicyclic amines) is 1. The van der Waals surface area contributed by atoms with E-state index in [0.29, 0.717) is 24.3 Å². The van der Waals surface area contributed by atoms with Crippen molar-refractivity contribution < 1.29 is 9.59 Å². The summed E-state index contributed by atoms with van der Waals surface area (Å²) in [6.45, 7) is 7.71. The van der Waals surface area contributed by atoms with E-state index in [2.05, 4.69) is 32.2 Å². The number of pyridine rings is 1. The Hall–Kier alpha value is -2.93. The van der Waals surface area contributed by atoms with Gasteiger partial charge in [0.25, 0.3) is 5.91 Å². The van der Waals surface area contributed by atoms with E-state index in [-0.39, 0.29) is 11.8 Å². The number of aromatic nitrogens is 1. The lowest BCUT2D eigenvalue weighted by molar-refractivity contribution is -0.114. The van der Waals surface area contributed by atoms with Gasteiger partial charge in [-0.25, -0.2) is 4.98 Å². The van der Waals surface area contributed by atoms with Crippen molar-refractivity contribution in [1.82, 2.24) is 14.8 Å². The summed E-state index contributed by atoms with van der Waals surface area (Å²) in [6, 6.07) is 11.3. The number of nitrogens with zero attached hydrogens (tertiary/aromatic N) is 4. The lowest BCUT2D eigenvalue weighted by Gasteiger charge is -2.35. The summed E-state index contributed by atoms with van der Waals surface area (Å²) >= 11 is 0. The van der Waals surface area contributed by atoms with Gasteiger partial charge in [0.1, 0.15) is 5.82 Å². The lowest BCUT2D eigenvalue weighted by atomic mass is 10.1. The number of piperazine rings is 1. The largest absolute Gasteiger partial charge is 0.353 e. The minimum atomic E-state index is -0.123. The number of hydrogen-bond acceptors (Lipinski definition) is 5. The predicted octanol–water partition coefficient (Wildman–Crippen LogP) is 2.21. The van der Waals surface area contributed by atoms with Gasteiger partial charge in [0.15, 0.2) is 0 Å². The fourth-order valence-corrected chi connectivity index (χ4v) is 3.72. The van der Waals surface area contributed by atoms with Crippen LogP contribution in [-0.4, -0.2) is 65.9 Å². The van der Waals surface area contributed by atoms with E-state index in [9.17, 15) is 9.59 Å². The Labute approximate surface area is 171 Å². The molecule has 2 amide bonds. The minimum absolute atomic E-state index is 0.0249. The van der Waals surface area contributed by atoms with Gasteiger partial charge >= 0.3 is 0 Å². The van der Waals surface area contributed by atoms with Crippen LogP contribution in [0.25, 0.3) is 0 Å². The molecule has 2 aliphatic heterocycles. The highest BCUT2D eigenvalue weighted by atomic mass is 16.2. The molecule has 1 aromatic carbocycles. The van der Waals surface area contributed by atoms with Gasteiger partial charge in [-0.15, -0.1) is 0 Å². The summed E-state index contributed by atoms with van der Waals surface area (Å²) < 4.78 is 0. The van der Waals surface area contributed by atoms with Crippen LogP contribution in [0.3, 0.4) is 0 Å². The van der Waals surface area contributed by atoms with E-state index in [1.807, 2.05) is 11.1 Å². The summed E-state index contributed by atoms with van der Waals surface area (Å²) in [6.07, 6.45) is 3.27. The molecule has 2 saturated heterocycles. The molecule has 0 bridgehead atoms. The molecular formula is C22H27N5O2. The first-order chi connectivity index (χ1) is 14.1. The molecule has 7 heteroatoms. The second-order valence-corrected chi connectivity index (χ2v) is 7.69. The SMILES string of the molecule is CC(=O)Nc1ccc(C(=O)N2CCN(c3ccc(CN4CCC4)cn3)CC2)cc1. The number of hydrogen-bond donors (Lipinski definition) is 1. The predicted molar refractivity (Wildman–Crippen MR) is 113 cm³/mol. The van der Waals surface area contributed by atoms with Crippen LogP contribution >= 0.6 is 0 Å². The van der Waals surface area contributed by atoms with Gasteiger partial charge in [0.2, 0.25) is 5.91 Å². The van der Waals surface area contributed by atoms with Crippen molar-refractivity contribution in [2.75, 3.05) is 49.5 Å². The molecule has 2 aliphatic rings. The zero-order chi connectivity index (χ0) is 20.2. The Morgan fingerprint density at radius 1 is 0.966 bits per heavy atom. The topological polar surface area (TPSA) is 68.8 Å². The van der Waals surface area contributed by atoms with Crippen molar-refractivity contribution in [1.29, 1.82) is 0 Å². The van der Waals surface area contributed by atoms with Gasteiger partial charge < -0.3 is 15.1 Å². The van der Waals surface area contributed by atoms with Crippen LogP contribution in [0, 0.1) is 0 Å². The number of nitrogens with one attached hydrogen (secondary N) is 1. The van der Waals surface area contributed by atoms with Crippen LogP contribution in [0.1, 0.15) is 29.3 Å². The highest BCUT2D eigenvalue weighted by Crippen LogP contribution is 2.18. The number of rotatable bonds is 5. The Morgan fingerprint density at radius 2 is 1.69 bits per heavy atom. The highest BCUT2D eigenvalue weighted by Gasteiger charge is 2.23. The summed E-state index contributed by atoms with van der Waals surface area (Å²) in [5, 5.41) is 2.72. The standard InChI is InChI=1S/C22H27N5O2/c1-17(28)24-20-6-4-19(5-7-20)22(29)27-13-11-26(12-14-27)21-8-3-18(15-23-21)16-25-9-2-10-25/h3-8,15H,2,9-14,16H2,1H3,(H,24,28). The maximum Gasteiger partial charge on any atom is 0.253 e. The summed E-state index contributed by atoms with van der Waals surface area (Å²) in [5.74, 6) is 0.878. The molecule has 3 heterocycles. The quantitative estimate of drug-likeness (QED) is 0.844. The molecule has 29 heavy (non-hydrogen) atoms. The molecule has 0 spiro atoms. The minimum Gasteiger partial charge on any atom is -0.353 e.